The van der Waals surface area contributed by atoms with E-state index in [1.807, 2.05) is 35.3 Å². The number of carbonyl (C=O) groups is 2. The molecule has 1 fully saturated rings. The fraction of sp³-hybridized carbons (Fsp3) is 0.269. The lowest BCUT2D eigenvalue weighted by atomic mass is 10.1. The van der Waals surface area contributed by atoms with Gasteiger partial charge in [-0.2, -0.15) is 0 Å². The lowest BCUT2D eigenvalue weighted by molar-refractivity contribution is -0.759. The highest BCUT2D eigenvalue weighted by molar-refractivity contribution is 8.14. The maximum atomic E-state index is 13.5. The third-order valence-electron chi connectivity index (χ3n) is 5.90. The van der Waals surface area contributed by atoms with Crippen molar-refractivity contribution in [3.63, 3.8) is 0 Å². The number of benzene rings is 2. The van der Waals surface area contributed by atoms with Crippen LogP contribution in [0.25, 0.3) is 6.08 Å². The number of nitrogens with one attached hydrogen (secondary N) is 1. The standard InChI is InChI=1S/C26H26N6O6S/c1-35-20-8-9-22(36-2)18(14-20)15-21-25(34)32(19-6-4-3-5-7-19)26(27-21)39-17-23(33)28-24-16-31(29-38-24)30-10-12-37-13-11-30/h3-9,14-16H,10-13,17H2,1-2H3/p+1/b21-15+. The molecule has 0 bridgehead atoms. The van der Waals surface area contributed by atoms with Gasteiger partial charge in [-0.25, -0.2) is 4.99 Å². The molecule has 202 valence electrons. The van der Waals surface area contributed by atoms with Gasteiger partial charge in [-0.05, 0) is 36.4 Å². The number of methoxy groups -OCH3 is 2. The quantitative estimate of drug-likeness (QED) is 0.331. The van der Waals surface area contributed by atoms with Crippen LogP contribution in [0.1, 0.15) is 5.56 Å². The van der Waals surface area contributed by atoms with Gasteiger partial charge in [0.15, 0.2) is 5.17 Å². The summed E-state index contributed by atoms with van der Waals surface area (Å²) in [5.41, 5.74) is 1.48. The lowest BCUT2D eigenvalue weighted by Gasteiger charge is -2.18. The van der Waals surface area contributed by atoms with Crippen molar-refractivity contribution in [3.05, 3.63) is 66.0 Å². The molecule has 3 aromatic rings. The van der Waals surface area contributed by atoms with Crippen molar-refractivity contribution in [2.24, 2.45) is 4.99 Å². The molecule has 2 amide bonds. The third-order valence-corrected chi connectivity index (χ3v) is 6.84. The average Bonchev–Trinajstić information content (AvgIpc) is 3.56. The maximum Gasteiger partial charge on any atom is 0.305 e. The van der Waals surface area contributed by atoms with E-state index < -0.39 is 0 Å². The van der Waals surface area contributed by atoms with Crippen LogP contribution in [0, 0.1) is 0 Å². The predicted octanol–water partition coefficient (Wildman–Crippen LogP) is 2.06. The van der Waals surface area contributed by atoms with Crippen LogP contribution in [0.15, 0.2) is 69.9 Å². The molecule has 39 heavy (non-hydrogen) atoms. The topological polar surface area (TPSA) is 123 Å². The first kappa shape index (κ1) is 26.3. The maximum absolute atomic E-state index is 13.5. The Kier molecular flexibility index (Phi) is 8.08. The zero-order valence-electron chi connectivity index (χ0n) is 21.4. The molecule has 0 saturated carbocycles. The number of hydrogen-bond acceptors (Lipinski definition) is 10. The van der Waals surface area contributed by atoms with Gasteiger partial charge in [0.2, 0.25) is 11.2 Å². The van der Waals surface area contributed by atoms with Gasteiger partial charge in [0, 0.05) is 5.56 Å². The largest absolute Gasteiger partial charge is 0.497 e. The second-order valence-electron chi connectivity index (χ2n) is 8.40. The van der Waals surface area contributed by atoms with E-state index in [2.05, 4.69) is 15.6 Å². The Morgan fingerprint density at radius 1 is 1.15 bits per heavy atom. The van der Waals surface area contributed by atoms with Crippen molar-refractivity contribution >= 4 is 46.4 Å². The molecule has 1 aromatic heterocycles. The Morgan fingerprint density at radius 2 is 1.95 bits per heavy atom. The summed E-state index contributed by atoms with van der Waals surface area (Å²) in [4.78, 5) is 33.8. The third kappa shape index (κ3) is 6.04. The normalized spacial score (nSPS) is 16.4. The molecule has 1 N–H and O–H groups in total. The number of aromatic nitrogens is 2. The van der Waals surface area contributed by atoms with Gasteiger partial charge in [-0.3, -0.25) is 24.3 Å². The molecular formula is C26H27N6O6S+. The van der Waals surface area contributed by atoms with Crippen molar-refractivity contribution in [2.75, 3.05) is 61.5 Å². The lowest BCUT2D eigenvalue weighted by Crippen LogP contribution is -2.62. The van der Waals surface area contributed by atoms with Crippen LogP contribution < -0.4 is 29.5 Å². The number of hydrogen-bond donors (Lipinski definition) is 1. The van der Waals surface area contributed by atoms with Crippen LogP contribution in [0.2, 0.25) is 0 Å². The van der Waals surface area contributed by atoms with Crippen LogP contribution in [-0.2, 0) is 14.3 Å². The molecule has 1 saturated heterocycles. The summed E-state index contributed by atoms with van der Waals surface area (Å²) in [5.74, 6) is 0.729. The minimum Gasteiger partial charge on any atom is -0.497 e. The van der Waals surface area contributed by atoms with E-state index in [9.17, 15) is 9.59 Å². The number of ether oxygens (including phenoxy) is 3. The minimum atomic E-state index is -0.333. The monoisotopic (exact) mass is 551 g/mol. The highest BCUT2D eigenvalue weighted by Gasteiger charge is 2.33. The molecule has 2 aliphatic rings. The van der Waals surface area contributed by atoms with Crippen molar-refractivity contribution in [1.82, 2.24) is 5.27 Å². The number of amides is 2. The molecule has 2 aliphatic heterocycles. The SMILES string of the molecule is COc1ccc(OC)c(/C=C2/N=C(SCC(=O)Nc3c[n+](N4CCOCC4)no3)N(c3ccccc3)C2=O)c1. The number of nitrogens with zero attached hydrogens (tertiary/aromatic N) is 5. The molecule has 0 atom stereocenters. The molecule has 0 spiro atoms. The van der Waals surface area contributed by atoms with Crippen molar-refractivity contribution in [1.29, 1.82) is 0 Å². The summed E-state index contributed by atoms with van der Waals surface area (Å²) < 4.78 is 21.4. The molecule has 13 heteroatoms. The van der Waals surface area contributed by atoms with Crippen LogP contribution in [-0.4, -0.2) is 68.5 Å². The Balaban J connectivity index is 1.33. The van der Waals surface area contributed by atoms with E-state index in [-0.39, 0.29) is 29.1 Å². The Hall–Kier alpha value is -4.36. The van der Waals surface area contributed by atoms with Gasteiger partial charge in [0.1, 0.15) is 17.2 Å². The smallest absolute Gasteiger partial charge is 0.305 e. The first-order chi connectivity index (χ1) is 19.1. The highest BCUT2D eigenvalue weighted by Crippen LogP contribution is 2.32. The number of anilines is 2. The van der Waals surface area contributed by atoms with E-state index in [0.29, 0.717) is 54.2 Å². The van der Waals surface area contributed by atoms with Crippen LogP contribution in [0.5, 0.6) is 11.5 Å². The molecule has 2 aromatic carbocycles. The van der Waals surface area contributed by atoms with Gasteiger partial charge in [-0.15, -0.1) is 5.01 Å². The number of aliphatic imine (C=N–C) groups is 1. The first-order valence-corrected chi connectivity index (χ1v) is 13.1. The number of amidine groups is 1. The number of rotatable bonds is 8. The second kappa shape index (κ2) is 12.0. The van der Waals surface area contributed by atoms with Crippen molar-refractivity contribution in [2.45, 2.75) is 0 Å². The summed E-state index contributed by atoms with van der Waals surface area (Å²) in [6.45, 7) is 2.53. The first-order valence-electron chi connectivity index (χ1n) is 12.1. The Morgan fingerprint density at radius 3 is 2.69 bits per heavy atom. The summed E-state index contributed by atoms with van der Waals surface area (Å²) >= 11 is 1.14. The van der Waals surface area contributed by atoms with Gasteiger partial charge in [-0.1, -0.05) is 30.0 Å². The fourth-order valence-electron chi connectivity index (χ4n) is 3.99. The van der Waals surface area contributed by atoms with Crippen LogP contribution >= 0.6 is 11.8 Å². The van der Waals surface area contributed by atoms with Gasteiger partial charge >= 0.3 is 5.88 Å². The van der Waals surface area contributed by atoms with Gasteiger partial charge in [0.05, 0.1) is 56.8 Å². The summed E-state index contributed by atoms with van der Waals surface area (Å²) in [6, 6.07) is 14.4. The highest BCUT2D eigenvalue weighted by atomic mass is 32.2. The van der Waals surface area contributed by atoms with Crippen molar-refractivity contribution < 1.29 is 33.1 Å². The summed E-state index contributed by atoms with van der Waals surface area (Å²) in [6.07, 6.45) is 3.25. The van der Waals surface area contributed by atoms with Gasteiger partial charge in [0.25, 0.3) is 12.1 Å². The number of morpholine rings is 1. The van der Waals surface area contributed by atoms with E-state index in [1.54, 1.807) is 49.5 Å². The minimum absolute atomic E-state index is 0.0105. The average molecular weight is 552 g/mol. The molecular weight excluding hydrogens is 524 g/mol. The molecule has 0 radical (unpaired) electrons. The number of thioether (sulfide) groups is 1. The molecule has 0 aliphatic carbocycles. The summed E-state index contributed by atoms with van der Waals surface area (Å²) in [5, 5.41) is 8.97. The number of carbonyl (C=O) groups excluding carboxylic acids is 2. The summed E-state index contributed by atoms with van der Waals surface area (Å²) in [7, 11) is 3.12. The zero-order chi connectivity index (χ0) is 27.2. The molecule has 12 nitrogen and oxygen atoms in total. The van der Waals surface area contributed by atoms with Crippen LogP contribution in [0.4, 0.5) is 11.6 Å². The second-order valence-corrected chi connectivity index (χ2v) is 9.34. The van der Waals surface area contributed by atoms with Crippen molar-refractivity contribution in [3.8, 4) is 11.5 Å². The van der Waals surface area contributed by atoms with Crippen LogP contribution in [0.3, 0.4) is 0 Å². The predicted molar refractivity (Wildman–Crippen MR) is 145 cm³/mol. The Bertz CT molecular complexity index is 1400. The fourth-order valence-corrected chi connectivity index (χ4v) is 4.80. The molecule has 5 rings (SSSR count). The van der Waals surface area contributed by atoms with E-state index >= 15 is 0 Å². The van der Waals surface area contributed by atoms with E-state index in [4.69, 9.17) is 18.7 Å². The number of para-hydroxylation sites is 1. The zero-order valence-corrected chi connectivity index (χ0v) is 22.2. The van der Waals surface area contributed by atoms with E-state index in [0.717, 1.165) is 11.8 Å². The Labute approximate surface area is 228 Å². The van der Waals surface area contributed by atoms with Gasteiger partial charge < -0.3 is 14.2 Å². The molecule has 3 heterocycles. The molecule has 0 unspecified atom stereocenters. The van der Waals surface area contributed by atoms with E-state index in [1.165, 1.54) is 4.90 Å².